The van der Waals surface area contributed by atoms with Crippen LogP contribution < -0.4 is 10.6 Å². The van der Waals surface area contributed by atoms with Crippen LogP contribution in [-0.4, -0.2) is 36.2 Å². The molecular weight excluding hydrogens is 204 g/mol. The minimum absolute atomic E-state index is 0.0112. The monoisotopic (exact) mass is 230 g/mol. The van der Waals surface area contributed by atoms with Gasteiger partial charge in [-0.25, -0.2) is 0 Å². The summed E-state index contributed by atoms with van der Waals surface area (Å²) in [5, 5.41) is 15.4. The van der Waals surface area contributed by atoms with Crippen LogP contribution in [-0.2, 0) is 4.79 Å². The molecule has 4 heteroatoms. The van der Waals surface area contributed by atoms with Crippen molar-refractivity contribution in [1.29, 1.82) is 0 Å². The largest absolute Gasteiger partial charge is 0.392 e. The first-order valence-corrected chi connectivity index (χ1v) is 6.30. The average Bonchev–Trinajstić information content (AvgIpc) is 2.26. The molecule has 0 saturated heterocycles. The average molecular weight is 230 g/mol. The van der Waals surface area contributed by atoms with E-state index in [2.05, 4.69) is 17.6 Å². The molecule has 2 atom stereocenters. The van der Waals surface area contributed by atoms with Crippen molar-refractivity contribution in [2.24, 2.45) is 0 Å². The van der Waals surface area contributed by atoms with Gasteiger partial charge in [0.1, 0.15) is 0 Å². The zero-order valence-corrected chi connectivity index (χ0v) is 10.8. The van der Waals surface area contributed by atoms with Gasteiger partial charge in [-0.3, -0.25) is 4.79 Å². The SMILES string of the molecule is CCCCNC(=O)C(C)NCC(O)CCC. The van der Waals surface area contributed by atoms with E-state index >= 15 is 0 Å². The highest BCUT2D eigenvalue weighted by molar-refractivity contribution is 5.81. The second-order valence-electron chi connectivity index (χ2n) is 4.22. The van der Waals surface area contributed by atoms with Crippen molar-refractivity contribution in [1.82, 2.24) is 10.6 Å². The molecule has 0 saturated carbocycles. The van der Waals surface area contributed by atoms with E-state index in [1.54, 1.807) is 0 Å². The Morgan fingerprint density at radius 3 is 2.56 bits per heavy atom. The molecule has 0 spiro atoms. The van der Waals surface area contributed by atoms with E-state index in [1.165, 1.54) is 0 Å². The zero-order chi connectivity index (χ0) is 12.4. The molecule has 0 heterocycles. The molecule has 1 amide bonds. The highest BCUT2D eigenvalue weighted by Crippen LogP contribution is 1.95. The molecule has 3 N–H and O–H groups in total. The minimum atomic E-state index is -0.351. The van der Waals surface area contributed by atoms with Crippen LogP contribution in [0.2, 0.25) is 0 Å². The first-order valence-electron chi connectivity index (χ1n) is 6.30. The van der Waals surface area contributed by atoms with E-state index < -0.39 is 0 Å². The number of rotatable bonds is 9. The second-order valence-corrected chi connectivity index (χ2v) is 4.22. The smallest absolute Gasteiger partial charge is 0.236 e. The van der Waals surface area contributed by atoms with Gasteiger partial charge in [-0.1, -0.05) is 26.7 Å². The molecule has 0 aliphatic carbocycles. The number of carbonyl (C=O) groups is 1. The fourth-order valence-corrected chi connectivity index (χ4v) is 1.38. The topological polar surface area (TPSA) is 61.4 Å². The summed E-state index contributed by atoms with van der Waals surface area (Å²) in [5.74, 6) is 0.0112. The van der Waals surface area contributed by atoms with Gasteiger partial charge in [0.2, 0.25) is 5.91 Å². The molecule has 0 radical (unpaired) electrons. The lowest BCUT2D eigenvalue weighted by molar-refractivity contribution is -0.122. The lowest BCUT2D eigenvalue weighted by Gasteiger charge is -2.16. The summed E-state index contributed by atoms with van der Waals surface area (Å²) < 4.78 is 0. The fourth-order valence-electron chi connectivity index (χ4n) is 1.38. The van der Waals surface area contributed by atoms with Crippen LogP contribution in [0.1, 0.15) is 46.5 Å². The van der Waals surface area contributed by atoms with Crippen molar-refractivity contribution in [3.63, 3.8) is 0 Å². The first kappa shape index (κ1) is 15.4. The third-order valence-electron chi connectivity index (χ3n) is 2.50. The van der Waals surface area contributed by atoms with Crippen LogP contribution in [0.25, 0.3) is 0 Å². The first-order chi connectivity index (χ1) is 7.61. The van der Waals surface area contributed by atoms with Gasteiger partial charge < -0.3 is 15.7 Å². The second kappa shape index (κ2) is 9.60. The molecule has 96 valence electrons. The Hall–Kier alpha value is -0.610. The van der Waals surface area contributed by atoms with E-state index in [4.69, 9.17) is 0 Å². The molecular formula is C12H26N2O2. The van der Waals surface area contributed by atoms with Crippen molar-refractivity contribution in [3.8, 4) is 0 Å². The minimum Gasteiger partial charge on any atom is -0.392 e. The Bertz CT molecular complexity index is 186. The van der Waals surface area contributed by atoms with E-state index in [1.807, 2.05) is 13.8 Å². The number of aliphatic hydroxyl groups excluding tert-OH is 1. The van der Waals surface area contributed by atoms with Gasteiger partial charge in [0, 0.05) is 13.1 Å². The van der Waals surface area contributed by atoms with Crippen LogP contribution in [0.5, 0.6) is 0 Å². The number of aliphatic hydroxyl groups is 1. The zero-order valence-electron chi connectivity index (χ0n) is 10.8. The molecule has 0 aliphatic rings. The van der Waals surface area contributed by atoms with E-state index in [-0.39, 0.29) is 18.1 Å². The van der Waals surface area contributed by atoms with Crippen LogP contribution in [0, 0.1) is 0 Å². The van der Waals surface area contributed by atoms with Gasteiger partial charge in [-0.15, -0.1) is 0 Å². The molecule has 0 bridgehead atoms. The number of carbonyl (C=O) groups excluding carboxylic acids is 1. The van der Waals surface area contributed by atoms with Gasteiger partial charge in [0.15, 0.2) is 0 Å². The Morgan fingerprint density at radius 1 is 1.31 bits per heavy atom. The summed E-state index contributed by atoms with van der Waals surface area (Å²) in [4.78, 5) is 11.5. The molecule has 4 nitrogen and oxygen atoms in total. The molecule has 0 rings (SSSR count). The Labute approximate surface area is 98.8 Å². The molecule has 0 aromatic rings. The van der Waals surface area contributed by atoms with E-state index in [0.29, 0.717) is 6.54 Å². The number of hydrogen-bond acceptors (Lipinski definition) is 3. The van der Waals surface area contributed by atoms with Crippen LogP contribution >= 0.6 is 0 Å². The van der Waals surface area contributed by atoms with Gasteiger partial charge >= 0.3 is 0 Å². The molecule has 2 unspecified atom stereocenters. The van der Waals surface area contributed by atoms with Crippen molar-refractivity contribution in [2.45, 2.75) is 58.6 Å². The summed E-state index contributed by atoms with van der Waals surface area (Å²) in [6.07, 6.45) is 3.47. The predicted molar refractivity (Wildman–Crippen MR) is 66.3 cm³/mol. The molecule has 0 aromatic heterocycles. The number of unbranched alkanes of at least 4 members (excludes halogenated alkanes) is 1. The predicted octanol–water partition coefficient (Wildman–Crippen LogP) is 1.04. The molecule has 0 aliphatic heterocycles. The van der Waals surface area contributed by atoms with E-state index in [0.717, 1.165) is 32.2 Å². The maximum absolute atomic E-state index is 11.5. The van der Waals surface area contributed by atoms with E-state index in [9.17, 15) is 9.90 Å². The number of nitrogens with one attached hydrogen (secondary N) is 2. The van der Waals surface area contributed by atoms with Crippen molar-refractivity contribution in [2.75, 3.05) is 13.1 Å². The quantitative estimate of drug-likeness (QED) is 0.519. The van der Waals surface area contributed by atoms with Crippen LogP contribution in [0.4, 0.5) is 0 Å². The highest BCUT2D eigenvalue weighted by Gasteiger charge is 2.12. The Morgan fingerprint density at radius 2 is 2.00 bits per heavy atom. The Balaban J connectivity index is 3.62. The summed E-state index contributed by atoms with van der Waals surface area (Å²) in [5.41, 5.74) is 0. The maximum Gasteiger partial charge on any atom is 0.236 e. The molecule has 0 aromatic carbocycles. The third-order valence-corrected chi connectivity index (χ3v) is 2.50. The molecule has 0 fully saturated rings. The number of amides is 1. The summed E-state index contributed by atoms with van der Waals surface area (Å²) in [6, 6.07) is -0.233. The fraction of sp³-hybridized carbons (Fsp3) is 0.917. The normalized spacial score (nSPS) is 14.5. The van der Waals surface area contributed by atoms with Crippen molar-refractivity contribution < 1.29 is 9.90 Å². The third kappa shape index (κ3) is 7.65. The molecule has 16 heavy (non-hydrogen) atoms. The standard InChI is InChI=1S/C12H26N2O2/c1-4-6-8-13-12(16)10(3)14-9-11(15)7-5-2/h10-11,14-15H,4-9H2,1-3H3,(H,13,16). The lowest BCUT2D eigenvalue weighted by atomic mass is 10.2. The highest BCUT2D eigenvalue weighted by atomic mass is 16.3. The van der Waals surface area contributed by atoms with Crippen LogP contribution in [0.15, 0.2) is 0 Å². The Kier molecular flexibility index (Phi) is 9.24. The van der Waals surface area contributed by atoms with Gasteiger partial charge in [-0.05, 0) is 19.8 Å². The van der Waals surface area contributed by atoms with Crippen molar-refractivity contribution >= 4 is 5.91 Å². The maximum atomic E-state index is 11.5. The number of hydrogen-bond donors (Lipinski definition) is 3. The van der Waals surface area contributed by atoms with Gasteiger partial charge in [0.05, 0.1) is 12.1 Å². The van der Waals surface area contributed by atoms with Gasteiger partial charge in [0.25, 0.3) is 0 Å². The summed E-state index contributed by atoms with van der Waals surface area (Å²) >= 11 is 0. The van der Waals surface area contributed by atoms with Crippen molar-refractivity contribution in [3.05, 3.63) is 0 Å². The lowest BCUT2D eigenvalue weighted by Crippen LogP contribution is -2.44. The van der Waals surface area contributed by atoms with Gasteiger partial charge in [-0.2, -0.15) is 0 Å². The summed E-state index contributed by atoms with van der Waals surface area (Å²) in [7, 11) is 0. The summed E-state index contributed by atoms with van der Waals surface area (Å²) in [6.45, 7) is 7.16. The van der Waals surface area contributed by atoms with Crippen LogP contribution in [0.3, 0.4) is 0 Å².